The van der Waals surface area contributed by atoms with Crippen molar-refractivity contribution >= 4 is 54.9 Å². The Balaban J connectivity index is 1.13. The second-order valence-corrected chi connectivity index (χ2v) is 14.5. The van der Waals surface area contributed by atoms with Crippen LogP contribution in [0.15, 0.2) is 73.6 Å². The maximum absolute atomic E-state index is 6.61. The molecule has 49 heavy (non-hydrogen) atoms. The summed E-state index contributed by atoms with van der Waals surface area (Å²) < 4.78 is 11.1. The molecular weight excluding hydrogens is 605 g/mol. The van der Waals surface area contributed by atoms with Crippen molar-refractivity contribution in [3.05, 3.63) is 95.8 Å². The highest BCUT2D eigenvalue weighted by molar-refractivity contribution is 6.13. The Morgan fingerprint density at radius 2 is 1.02 bits per heavy atom. The van der Waals surface area contributed by atoms with Gasteiger partial charge in [-0.1, -0.05) is 62.8 Å². The molecule has 10 rings (SSSR count). The molecule has 2 aliphatic rings. The number of hydrogen-bond acceptors (Lipinski definition) is 5. The quantitative estimate of drug-likeness (QED) is 0.178. The summed E-state index contributed by atoms with van der Waals surface area (Å²) in [5, 5.41) is 4.51. The predicted molar refractivity (Wildman–Crippen MR) is 197 cm³/mol. The fourth-order valence-corrected chi connectivity index (χ4v) is 9.29. The fourth-order valence-electron chi connectivity index (χ4n) is 9.29. The predicted octanol–water partition coefficient (Wildman–Crippen LogP) is 10.9. The van der Waals surface area contributed by atoms with Crippen LogP contribution in [-0.4, -0.2) is 28.7 Å². The molecule has 0 spiro atoms. The van der Waals surface area contributed by atoms with Crippen LogP contribution in [0.25, 0.3) is 54.9 Å². The molecule has 2 saturated carbocycles. The Labute approximate surface area is 285 Å². The number of fused-ring (bicyclic) bond motifs is 12. The van der Waals surface area contributed by atoms with E-state index in [-0.39, 0.29) is 0 Å². The molecule has 0 atom stereocenters. The monoisotopic (exact) mass is 644 g/mol. The average Bonchev–Trinajstić information content (AvgIpc) is 3.84. The van der Waals surface area contributed by atoms with Crippen LogP contribution >= 0.6 is 0 Å². The van der Waals surface area contributed by atoms with E-state index in [2.05, 4.69) is 71.4 Å². The summed E-state index contributed by atoms with van der Waals surface area (Å²) in [6.07, 6.45) is 24.5. The van der Waals surface area contributed by atoms with Gasteiger partial charge in [0.05, 0.1) is 34.5 Å². The van der Waals surface area contributed by atoms with Crippen LogP contribution in [-0.2, 0) is 0 Å². The van der Waals surface area contributed by atoms with Gasteiger partial charge in [-0.25, -0.2) is 9.97 Å². The van der Waals surface area contributed by atoms with E-state index >= 15 is 0 Å². The maximum atomic E-state index is 6.61. The highest BCUT2D eigenvalue weighted by Gasteiger charge is 2.24. The molecule has 0 aliphatic heterocycles. The van der Waals surface area contributed by atoms with E-state index in [4.69, 9.17) is 24.7 Å². The van der Waals surface area contributed by atoms with E-state index in [1.807, 2.05) is 24.8 Å². The number of aryl methyl sites for hydroxylation is 2. The van der Waals surface area contributed by atoms with Crippen LogP contribution < -0.4 is 4.74 Å². The molecule has 0 unspecified atom stereocenters. The van der Waals surface area contributed by atoms with Gasteiger partial charge >= 0.3 is 0 Å². The van der Waals surface area contributed by atoms with Gasteiger partial charge in [-0.15, -0.1) is 0 Å². The van der Waals surface area contributed by atoms with E-state index in [1.54, 1.807) is 0 Å². The minimum Gasteiger partial charge on any atom is -0.454 e. The zero-order valence-corrected chi connectivity index (χ0v) is 28.2. The average molecular weight is 645 g/mol. The third-order valence-corrected chi connectivity index (χ3v) is 11.6. The summed E-state index contributed by atoms with van der Waals surface area (Å²) >= 11 is 0. The SMILES string of the molecule is Cc1ccc(C2CCCCC2)c2c3ncc(Oc4cnc5c(c4)c4nccn4c4c(C)ccc(C6CCCCC6)c54)cc3c3nccn3c12. The van der Waals surface area contributed by atoms with E-state index in [9.17, 15) is 0 Å². The second kappa shape index (κ2) is 11.3. The minimum atomic E-state index is 0.556. The number of aromatic nitrogens is 6. The lowest BCUT2D eigenvalue weighted by atomic mass is 9.81. The maximum Gasteiger partial charge on any atom is 0.146 e. The number of rotatable bonds is 4. The molecule has 2 aliphatic carbocycles. The first kappa shape index (κ1) is 28.9. The van der Waals surface area contributed by atoms with Gasteiger partial charge in [-0.2, -0.15) is 0 Å². The number of pyridine rings is 4. The van der Waals surface area contributed by atoms with Crippen molar-refractivity contribution in [3.63, 3.8) is 0 Å². The van der Waals surface area contributed by atoms with Crippen LogP contribution in [0.1, 0.15) is 98.3 Å². The van der Waals surface area contributed by atoms with Crippen LogP contribution in [0, 0.1) is 13.8 Å². The first-order valence-corrected chi connectivity index (χ1v) is 18.2. The van der Waals surface area contributed by atoms with Crippen molar-refractivity contribution in [3.8, 4) is 11.5 Å². The summed E-state index contributed by atoms with van der Waals surface area (Å²) in [6, 6.07) is 13.5. The third-order valence-electron chi connectivity index (χ3n) is 11.6. The van der Waals surface area contributed by atoms with Gasteiger partial charge in [0, 0.05) is 46.3 Å². The first-order valence-electron chi connectivity index (χ1n) is 18.2. The largest absolute Gasteiger partial charge is 0.454 e. The lowest BCUT2D eigenvalue weighted by molar-refractivity contribution is 0.445. The molecule has 7 heteroatoms. The van der Waals surface area contributed by atoms with Crippen molar-refractivity contribution in [2.45, 2.75) is 89.9 Å². The molecule has 0 radical (unpaired) electrons. The van der Waals surface area contributed by atoms with Crippen molar-refractivity contribution in [1.29, 1.82) is 0 Å². The van der Waals surface area contributed by atoms with Gasteiger partial charge in [0.15, 0.2) is 0 Å². The van der Waals surface area contributed by atoms with Gasteiger partial charge in [0.1, 0.15) is 22.8 Å². The Morgan fingerprint density at radius 3 is 1.47 bits per heavy atom. The molecule has 0 saturated heterocycles. The van der Waals surface area contributed by atoms with Gasteiger partial charge in [-0.05, 0) is 85.8 Å². The van der Waals surface area contributed by atoms with Crippen molar-refractivity contribution in [1.82, 2.24) is 28.7 Å². The lowest BCUT2D eigenvalue weighted by Gasteiger charge is -2.25. The highest BCUT2D eigenvalue weighted by atomic mass is 16.5. The van der Waals surface area contributed by atoms with Gasteiger partial charge in [-0.3, -0.25) is 18.8 Å². The standard InChI is InChI=1S/C42H40N6O/c1-25-13-15-31(27-9-5-3-6-10-27)35-37-33(41-43-17-19-47(41)39(25)35)21-29(23-45-37)49-30-22-34-38(46-24-30)36-32(28-11-7-4-8-12-28)16-14-26(2)40(36)48-20-18-44-42(34)48/h13-24,27-28H,3-12H2,1-2H3. The van der Waals surface area contributed by atoms with Crippen LogP contribution in [0.5, 0.6) is 11.5 Å². The van der Waals surface area contributed by atoms with Gasteiger partial charge in [0.2, 0.25) is 0 Å². The van der Waals surface area contributed by atoms with Crippen LogP contribution in [0.2, 0.25) is 0 Å². The zero-order valence-electron chi connectivity index (χ0n) is 28.2. The molecule has 6 heterocycles. The normalized spacial score (nSPS) is 16.6. The Hall–Kier alpha value is -5.04. The molecule has 8 aromatic rings. The van der Waals surface area contributed by atoms with E-state index in [1.165, 1.54) is 108 Å². The van der Waals surface area contributed by atoms with Crippen LogP contribution in [0.3, 0.4) is 0 Å². The van der Waals surface area contributed by atoms with Gasteiger partial charge in [0.25, 0.3) is 0 Å². The highest BCUT2D eigenvalue weighted by Crippen LogP contribution is 2.43. The molecule has 0 amide bonds. The molecule has 244 valence electrons. The molecular formula is C42H40N6O. The zero-order chi connectivity index (χ0) is 32.6. The topological polar surface area (TPSA) is 69.6 Å². The number of hydrogen-bond donors (Lipinski definition) is 0. The molecule has 2 aromatic carbocycles. The Morgan fingerprint density at radius 1 is 0.571 bits per heavy atom. The summed E-state index contributed by atoms with van der Waals surface area (Å²) in [5.74, 6) is 2.45. The molecule has 2 fully saturated rings. The van der Waals surface area contributed by atoms with Crippen molar-refractivity contribution in [2.24, 2.45) is 0 Å². The smallest absolute Gasteiger partial charge is 0.146 e. The van der Waals surface area contributed by atoms with Crippen LogP contribution in [0.4, 0.5) is 0 Å². The molecule has 0 bridgehead atoms. The fraction of sp³-hybridized carbons (Fsp3) is 0.333. The minimum absolute atomic E-state index is 0.556. The lowest BCUT2D eigenvalue weighted by Crippen LogP contribution is -2.07. The number of ether oxygens (including phenoxy) is 1. The van der Waals surface area contributed by atoms with Crippen molar-refractivity contribution in [2.75, 3.05) is 0 Å². The summed E-state index contributed by atoms with van der Waals surface area (Å²) in [5.41, 5.74) is 11.5. The van der Waals surface area contributed by atoms with Crippen molar-refractivity contribution < 1.29 is 4.74 Å². The van der Waals surface area contributed by atoms with Gasteiger partial charge < -0.3 is 4.74 Å². The Kier molecular flexibility index (Phi) is 6.65. The summed E-state index contributed by atoms with van der Waals surface area (Å²) in [6.45, 7) is 4.39. The number of nitrogens with zero attached hydrogens (tertiary/aromatic N) is 6. The molecule has 0 N–H and O–H groups in total. The summed E-state index contributed by atoms with van der Waals surface area (Å²) in [4.78, 5) is 19.9. The number of imidazole rings is 2. The van der Waals surface area contributed by atoms with E-state index < -0.39 is 0 Å². The molecule has 7 nitrogen and oxygen atoms in total. The molecule has 6 aromatic heterocycles. The summed E-state index contributed by atoms with van der Waals surface area (Å²) in [7, 11) is 0. The second-order valence-electron chi connectivity index (χ2n) is 14.5. The third kappa shape index (κ3) is 4.47. The first-order chi connectivity index (χ1) is 24.1. The number of benzene rings is 2. The van der Waals surface area contributed by atoms with E-state index in [0.717, 1.165) is 33.1 Å². The Bertz CT molecular complexity index is 2410. The van der Waals surface area contributed by atoms with E-state index in [0.29, 0.717) is 23.3 Å².